The number of nitrogens with zero attached hydrogens (tertiary/aromatic N) is 4. The molecule has 27 heavy (non-hydrogen) atoms. The van der Waals surface area contributed by atoms with Gasteiger partial charge in [-0.25, -0.2) is 9.67 Å². The number of hydrogen-bond acceptors (Lipinski definition) is 4. The van der Waals surface area contributed by atoms with Crippen LogP contribution in [0, 0.1) is 5.92 Å². The highest BCUT2D eigenvalue weighted by Crippen LogP contribution is 2.38. The first-order valence-corrected chi connectivity index (χ1v) is 9.54. The van der Waals surface area contributed by atoms with Gasteiger partial charge in [0.15, 0.2) is 5.82 Å². The zero-order chi connectivity index (χ0) is 19.6. The minimum atomic E-state index is -0.480. The van der Waals surface area contributed by atoms with E-state index in [-0.39, 0.29) is 11.9 Å². The van der Waals surface area contributed by atoms with Crippen LogP contribution in [0.5, 0.6) is 0 Å². The van der Waals surface area contributed by atoms with Gasteiger partial charge >= 0.3 is 0 Å². The van der Waals surface area contributed by atoms with Crippen LogP contribution in [0.1, 0.15) is 25.5 Å². The maximum atomic E-state index is 13.4. The molecule has 144 valence electrons. The van der Waals surface area contributed by atoms with Gasteiger partial charge in [-0.2, -0.15) is 5.10 Å². The molecule has 0 fully saturated rings. The molecule has 8 heteroatoms. The molecule has 0 saturated carbocycles. The van der Waals surface area contributed by atoms with Gasteiger partial charge in [0.2, 0.25) is 5.91 Å². The number of likely N-dealkylation sites (N-methyl/N-ethyl adjacent to an activating group) is 1. The zero-order valence-electron chi connectivity index (χ0n) is 15.5. The number of halogens is 2. The predicted molar refractivity (Wildman–Crippen MR) is 107 cm³/mol. The molecule has 0 aliphatic carbocycles. The smallest absolute Gasteiger partial charge is 0.233 e. The van der Waals surface area contributed by atoms with Gasteiger partial charge in [0.05, 0.1) is 28.9 Å². The van der Waals surface area contributed by atoms with Crippen molar-refractivity contribution in [3.8, 4) is 0 Å². The summed E-state index contributed by atoms with van der Waals surface area (Å²) in [5, 5.41) is 5.34. The standard InChI is InChI=1S/C19H22Cl2N4O2/c1-4-24(9-10-27-3)19(26)17-12(2)23-16-7-8-22-25(16)18(17)13-5-6-14(20)15(21)11-13/h5-8,11,17-18H,4,9-10H2,1-3H3. The first kappa shape index (κ1) is 19.9. The van der Waals surface area contributed by atoms with Gasteiger partial charge in [0.25, 0.3) is 0 Å². The van der Waals surface area contributed by atoms with Crippen molar-refractivity contribution in [3.05, 3.63) is 46.1 Å². The van der Waals surface area contributed by atoms with Crippen LogP contribution in [0.25, 0.3) is 0 Å². The SMILES string of the molecule is CCN(CCOC)C(=O)C1C(C)=Nc2ccnn2C1c1ccc(Cl)c(Cl)c1. The van der Waals surface area contributed by atoms with Crippen LogP contribution in [0.15, 0.2) is 35.5 Å². The van der Waals surface area contributed by atoms with Crippen molar-refractivity contribution in [2.75, 3.05) is 26.8 Å². The number of aromatic nitrogens is 2. The predicted octanol–water partition coefficient (Wildman–Crippen LogP) is 4.00. The highest BCUT2D eigenvalue weighted by molar-refractivity contribution is 6.42. The van der Waals surface area contributed by atoms with E-state index >= 15 is 0 Å². The van der Waals surface area contributed by atoms with Gasteiger partial charge in [-0.05, 0) is 31.5 Å². The molecular formula is C19H22Cl2N4O2. The number of carbonyl (C=O) groups is 1. The summed E-state index contributed by atoms with van der Waals surface area (Å²) in [5.41, 5.74) is 1.62. The molecule has 2 atom stereocenters. The minimum absolute atomic E-state index is 0.00646. The van der Waals surface area contributed by atoms with Gasteiger partial charge in [-0.3, -0.25) is 4.79 Å². The molecule has 1 aliphatic rings. The summed E-state index contributed by atoms with van der Waals surface area (Å²) >= 11 is 12.3. The average Bonchev–Trinajstić information content (AvgIpc) is 3.11. The van der Waals surface area contributed by atoms with Gasteiger partial charge < -0.3 is 9.64 Å². The number of carbonyl (C=O) groups excluding carboxylic acids is 1. The van der Waals surface area contributed by atoms with Gasteiger partial charge in [-0.1, -0.05) is 29.3 Å². The van der Waals surface area contributed by atoms with Crippen molar-refractivity contribution < 1.29 is 9.53 Å². The second kappa shape index (κ2) is 8.42. The van der Waals surface area contributed by atoms with Crippen LogP contribution in [0.2, 0.25) is 10.0 Å². The van der Waals surface area contributed by atoms with E-state index in [0.717, 1.165) is 11.3 Å². The summed E-state index contributed by atoms with van der Waals surface area (Å²) < 4.78 is 6.93. The number of fused-ring (bicyclic) bond motifs is 1. The highest BCUT2D eigenvalue weighted by atomic mass is 35.5. The number of amides is 1. The lowest BCUT2D eigenvalue weighted by atomic mass is 9.87. The summed E-state index contributed by atoms with van der Waals surface area (Å²) in [6, 6.07) is 6.91. The quantitative estimate of drug-likeness (QED) is 0.725. The van der Waals surface area contributed by atoms with Crippen molar-refractivity contribution in [3.63, 3.8) is 0 Å². The van der Waals surface area contributed by atoms with E-state index in [4.69, 9.17) is 27.9 Å². The molecule has 2 heterocycles. The van der Waals surface area contributed by atoms with E-state index < -0.39 is 5.92 Å². The highest BCUT2D eigenvalue weighted by Gasteiger charge is 2.39. The molecule has 2 aromatic rings. The summed E-state index contributed by atoms with van der Waals surface area (Å²) in [4.78, 5) is 19.8. The summed E-state index contributed by atoms with van der Waals surface area (Å²) in [5.74, 6) is 0.229. The molecule has 0 spiro atoms. The van der Waals surface area contributed by atoms with Crippen LogP contribution in [0.3, 0.4) is 0 Å². The molecule has 1 aromatic carbocycles. The Morgan fingerprint density at radius 3 is 2.74 bits per heavy atom. The van der Waals surface area contributed by atoms with Crippen molar-refractivity contribution >= 4 is 40.6 Å². The van der Waals surface area contributed by atoms with Gasteiger partial charge in [0, 0.05) is 32.0 Å². The number of aliphatic imine (C=N–C) groups is 1. The van der Waals surface area contributed by atoms with Gasteiger partial charge in [0.1, 0.15) is 5.92 Å². The van der Waals surface area contributed by atoms with E-state index in [1.165, 1.54) is 0 Å². The molecule has 0 bridgehead atoms. The van der Waals surface area contributed by atoms with Crippen molar-refractivity contribution in [2.24, 2.45) is 10.9 Å². The van der Waals surface area contributed by atoms with E-state index in [2.05, 4.69) is 10.1 Å². The second-order valence-corrected chi connectivity index (χ2v) is 7.21. The third-order valence-electron chi connectivity index (χ3n) is 4.78. The normalized spacial score (nSPS) is 18.8. The molecule has 1 aliphatic heterocycles. The lowest BCUT2D eigenvalue weighted by Crippen LogP contribution is -2.45. The Morgan fingerprint density at radius 2 is 2.07 bits per heavy atom. The molecule has 6 nitrogen and oxygen atoms in total. The minimum Gasteiger partial charge on any atom is -0.383 e. The number of benzene rings is 1. The third-order valence-corrected chi connectivity index (χ3v) is 5.52. The Balaban J connectivity index is 2.06. The monoisotopic (exact) mass is 408 g/mol. The fourth-order valence-corrected chi connectivity index (χ4v) is 3.70. The Bertz CT molecular complexity index is 865. The lowest BCUT2D eigenvalue weighted by Gasteiger charge is -2.34. The molecule has 1 amide bonds. The van der Waals surface area contributed by atoms with Crippen LogP contribution in [0.4, 0.5) is 5.82 Å². The fourth-order valence-electron chi connectivity index (χ4n) is 3.40. The summed E-state index contributed by atoms with van der Waals surface area (Å²) in [6.07, 6.45) is 1.69. The topological polar surface area (TPSA) is 59.7 Å². The zero-order valence-corrected chi connectivity index (χ0v) is 17.0. The first-order chi connectivity index (χ1) is 13.0. The Labute approximate surface area is 168 Å². The maximum Gasteiger partial charge on any atom is 0.233 e. The van der Waals surface area contributed by atoms with E-state index in [1.54, 1.807) is 35.0 Å². The summed E-state index contributed by atoms with van der Waals surface area (Å²) in [6.45, 7) is 5.43. The fraction of sp³-hybridized carbons (Fsp3) is 0.421. The van der Waals surface area contributed by atoms with Crippen LogP contribution in [-0.2, 0) is 9.53 Å². The van der Waals surface area contributed by atoms with Crippen LogP contribution >= 0.6 is 23.2 Å². The van der Waals surface area contributed by atoms with E-state index in [1.807, 2.05) is 26.0 Å². The second-order valence-electron chi connectivity index (χ2n) is 6.39. The molecule has 3 rings (SSSR count). The van der Waals surface area contributed by atoms with E-state index in [0.29, 0.717) is 35.6 Å². The molecule has 2 unspecified atom stereocenters. The summed E-state index contributed by atoms with van der Waals surface area (Å²) in [7, 11) is 1.63. The van der Waals surface area contributed by atoms with Crippen molar-refractivity contribution in [1.82, 2.24) is 14.7 Å². The van der Waals surface area contributed by atoms with E-state index in [9.17, 15) is 4.79 Å². The molecule has 0 saturated heterocycles. The molecule has 0 radical (unpaired) electrons. The first-order valence-electron chi connectivity index (χ1n) is 8.79. The third kappa shape index (κ3) is 3.88. The number of hydrogen-bond donors (Lipinski definition) is 0. The Kier molecular flexibility index (Phi) is 6.19. The number of ether oxygens (including phenoxy) is 1. The molecule has 1 aromatic heterocycles. The lowest BCUT2D eigenvalue weighted by molar-refractivity contribution is -0.134. The number of rotatable bonds is 6. The number of methoxy groups -OCH3 is 1. The average molecular weight is 409 g/mol. The van der Waals surface area contributed by atoms with Crippen LogP contribution in [-0.4, -0.2) is 53.1 Å². The van der Waals surface area contributed by atoms with Crippen molar-refractivity contribution in [2.45, 2.75) is 19.9 Å². The van der Waals surface area contributed by atoms with Crippen LogP contribution < -0.4 is 0 Å². The Morgan fingerprint density at radius 1 is 1.30 bits per heavy atom. The largest absolute Gasteiger partial charge is 0.383 e. The Hall–Kier alpha value is -1.89. The maximum absolute atomic E-state index is 13.4. The molecular weight excluding hydrogens is 387 g/mol. The van der Waals surface area contributed by atoms with Gasteiger partial charge in [-0.15, -0.1) is 0 Å². The van der Waals surface area contributed by atoms with Crippen molar-refractivity contribution in [1.29, 1.82) is 0 Å². The molecule has 0 N–H and O–H groups in total.